The number of ether oxygens (including phenoxy) is 1. The normalized spacial score (nSPS) is 10.7. The molecule has 5 N–H and O–H groups in total. The lowest BCUT2D eigenvalue weighted by molar-refractivity contribution is 0.0996. The number of nitrogens with one attached hydrogen (secondary N) is 3. The zero-order valence-corrected chi connectivity index (χ0v) is 16.5. The van der Waals surface area contributed by atoms with Crippen LogP contribution in [0.2, 0.25) is 0 Å². The number of primary amides is 1. The number of benzene rings is 1. The van der Waals surface area contributed by atoms with Crippen molar-refractivity contribution in [1.29, 1.82) is 0 Å². The highest BCUT2D eigenvalue weighted by atomic mass is 32.1. The van der Waals surface area contributed by atoms with Crippen LogP contribution in [0.1, 0.15) is 35.3 Å². The van der Waals surface area contributed by atoms with Crippen LogP contribution in [0.4, 0.5) is 9.80 Å². The molecule has 0 aliphatic rings. The second-order valence-corrected chi connectivity index (χ2v) is 7.09. The maximum Gasteiger partial charge on any atom is 0.319 e. The lowest BCUT2D eigenvalue weighted by Gasteiger charge is -2.10. The van der Waals surface area contributed by atoms with Crippen LogP contribution in [0.3, 0.4) is 0 Å². The summed E-state index contributed by atoms with van der Waals surface area (Å²) >= 11 is 0.951. The molecule has 9 heteroatoms. The number of nitrogens with two attached hydrogens (primary N) is 1. The summed E-state index contributed by atoms with van der Waals surface area (Å²) in [5.41, 5.74) is 7.60. The molecular formula is C18H25N5O3S. The molecule has 0 spiro atoms. The highest BCUT2D eigenvalue weighted by molar-refractivity contribution is 7.11. The van der Waals surface area contributed by atoms with Crippen molar-refractivity contribution in [1.82, 2.24) is 15.0 Å². The second-order valence-electron chi connectivity index (χ2n) is 6.32. The van der Waals surface area contributed by atoms with Gasteiger partial charge in [0, 0.05) is 19.1 Å². The Morgan fingerprint density at radius 1 is 1.22 bits per heavy atom. The van der Waals surface area contributed by atoms with E-state index in [1.54, 1.807) is 0 Å². The number of carbonyl (C=O) groups excluding carboxylic acids is 2. The zero-order valence-electron chi connectivity index (χ0n) is 15.7. The van der Waals surface area contributed by atoms with E-state index in [1.165, 1.54) is 0 Å². The van der Waals surface area contributed by atoms with Crippen molar-refractivity contribution in [2.75, 3.05) is 18.4 Å². The Kier molecular flexibility index (Phi) is 7.56. The van der Waals surface area contributed by atoms with Crippen LogP contribution in [0.15, 0.2) is 24.3 Å². The van der Waals surface area contributed by atoms with E-state index in [9.17, 15) is 9.59 Å². The van der Waals surface area contributed by atoms with Crippen LogP contribution >= 0.6 is 11.5 Å². The molecule has 1 heterocycles. The standard InChI is InChI=1S/C18H25N5O3S/c1-11(2)20-8-9-21-18(25)22-17-14(15(19)24)16(23-27-17)26-10-13-6-4-12(3)5-7-13/h4-7,11,20H,8-10H2,1-3H3,(H2,19,24)(H2,21,22,25). The molecule has 8 nitrogen and oxygen atoms in total. The van der Waals surface area contributed by atoms with Gasteiger partial charge in [-0.3, -0.25) is 10.1 Å². The van der Waals surface area contributed by atoms with Gasteiger partial charge in [-0.15, -0.1) is 0 Å². The number of aromatic nitrogens is 1. The van der Waals surface area contributed by atoms with Gasteiger partial charge in [0.05, 0.1) is 0 Å². The summed E-state index contributed by atoms with van der Waals surface area (Å²) in [4.78, 5) is 23.8. The molecule has 0 fully saturated rings. The molecule has 0 saturated heterocycles. The maximum absolute atomic E-state index is 12.0. The van der Waals surface area contributed by atoms with E-state index < -0.39 is 11.9 Å². The summed E-state index contributed by atoms with van der Waals surface area (Å²) in [7, 11) is 0. The molecule has 2 aromatic rings. The Morgan fingerprint density at radius 3 is 2.56 bits per heavy atom. The predicted octanol–water partition coefficient (Wildman–Crippen LogP) is 2.25. The van der Waals surface area contributed by atoms with E-state index >= 15 is 0 Å². The molecule has 0 aliphatic heterocycles. The van der Waals surface area contributed by atoms with Gasteiger partial charge < -0.3 is 21.1 Å². The molecule has 0 bridgehead atoms. The Bertz CT molecular complexity index is 774. The molecule has 1 aromatic carbocycles. The zero-order chi connectivity index (χ0) is 19.8. The van der Waals surface area contributed by atoms with E-state index in [0.717, 1.165) is 22.7 Å². The number of amides is 3. The molecule has 0 saturated carbocycles. The average Bonchev–Trinajstić information content (AvgIpc) is 3.01. The third kappa shape index (κ3) is 6.54. The minimum absolute atomic E-state index is 0.0718. The monoisotopic (exact) mass is 391 g/mol. The first kappa shape index (κ1) is 20.7. The number of rotatable bonds is 9. The van der Waals surface area contributed by atoms with Crippen LogP contribution in [0, 0.1) is 6.92 Å². The van der Waals surface area contributed by atoms with E-state index in [-0.39, 0.29) is 23.1 Å². The number of hydrogen-bond acceptors (Lipinski definition) is 6. The van der Waals surface area contributed by atoms with Crippen molar-refractivity contribution in [2.45, 2.75) is 33.4 Å². The lowest BCUT2D eigenvalue weighted by Crippen LogP contribution is -2.36. The van der Waals surface area contributed by atoms with Gasteiger partial charge in [-0.1, -0.05) is 43.7 Å². The first-order valence-electron chi connectivity index (χ1n) is 8.63. The summed E-state index contributed by atoms with van der Waals surface area (Å²) in [6, 6.07) is 7.72. The molecule has 27 heavy (non-hydrogen) atoms. The van der Waals surface area contributed by atoms with Crippen molar-refractivity contribution in [2.24, 2.45) is 5.73 Å². The van der Waals surface area contributed by atoms with E-state index in [4.69, 9.17) is 10.5 Å². The molecule has 0 unspecified atom stereocenters. The van der Waals surface area contributed by atoms with Gasteiger partial charge in [0.15, 0.2) is 0 Å². The Hall–Kier alpha value is -2.65. The largest absolute Gasteiger partial charge is 0.472 e. The molecule has 0 aliphatic carbocycles. The summed E-state index contributed by atoms with van der Waals surface area (Å²) < 4.78 is 9.73. The number of aryl methyl sites for hydroxylation is 1. The topological polar surface area (TPSA) is 118 Å². The van der Waals surface area contributed by atoms with Gasteiger partial charge in [0.1, 0.15) is 17.2 Å². The molecule has 1 aromatic heterocycles. The molecular weight excluding hydrogens is 366 g/mol. The minimum atomic E-state index is -0.709. The number of nitrogens with zero attached hydrogens (tertiary/aromatic N) is 1. The van der Waals surface area contributed by atoms with Crippen molar-refractivity contribution in [3.05, 3.63) is 41.0 Å². The summed E-state index contributed by atoms with van der Waals surface area (Å²) in [6.07, 6.45) is 0. The van der Waals surface area contributed by atoms with E-state index in [2.05, 4.69) is 20.3 Å². The third-order valence-corrected chi connectivity index (χ3v) is 4.34. The highest BCUT2D eigenvalue weighted by Gasteiger charge is 2.21. The van der Waals surface area contributed by atoms with Gasteiger partial charge in [-0.05, 0) is 24.0 Å². The van der Waals surface area contributed by atoms with Gasteiger partial charge in [0.2, 0.25) is 5.88 Å². The fraction of sp³-hybridized carbons (Fsp3) is 0.389. The quantitative estimate of drug-likeness (QED) is 0.489. The summed E-state index contributed by atoms with van der Waals surface area (Å²) in [5.74, 6) is -0.593. The maximum atomic E-state index is 12.0. The second kappa shape index (κ2) is 9.89. The summed E-state index contributed by atoms with van der Waals surface area (Å²) in [6.45, 7) is 7.38. The average molecular weight is 391 g/mol. The Morgan fingerprint density at radius 2 is 1.93 bits per heavy atom. The van der Waals surface area contributed by atoms with E-state index in [0.29, 0.717) is 19.1 Å². The van der Waals surface area contributed by atoms with Gasteiger partial charge in [0.25, 0.3) is 5.91 Å². The number of anilines is 1. The number of urea groups is 1. The fourth-order valence-corrected chi connectivity index (χ4v) is 2.93. The van der Waals surface area contributed by atoms with Crippen molar-refractivity contribution in [3.63, 3.8) is 0 Å². The van der Waals surface area contributed by atoms with Gasteiger partial charge in [-0.25, -0.2) is 4.79 Å². The Balaban J connectivity index is 1.96. The predicted molar refractivity (Wildman–Crippen MR) is 106 cm³/mol. The van der Waals surface area contributed by atoms with Crippen molar-refractivity contribution < 1.29 is 14.3 Å². The molecule has 3 amide bonds. The number of carbonyl (C=O) groups is 2. The van der Waals surface area contributed by atoms with E-state index in [1.807, 2.05) is 45.0 Å². The Labute approximate surface area is 162 Å². The first-order chi connectivity index (χ1) is 12.9. The molecule has 2 rings (SSSR count). The fourth-order valence-electron chi connectivity index (χ4n) is 2.20. The van der Waals surface area contributed by atoms with Crippen molar-refractivity contribution >= 4 is 28.5 Å². The molecule has 146 valence electrons. The molecule has 0 atom stereocenters. The molecule has 0 radical (unpaired) electrons. The van der Waals surface area contributed by atoms with Crippen LogP contribution in [0.25, 0.3) is 0 Å². The first-order valence-corrected chi connectivity index (χ1v) is 9.40. The van der Waals surface area contributed by atoms with Gasteiger partial charge in [-0.2, -0.15) is 4.37 Å². The summed E-state index contributed by atoms with van der Waals surface area (Å²) in [5, 5.41) is 8.75. The van der Waals surface area contributed by atoms with Crippen molar-refractivity contribution in [3.8, 4) is 5.88 Å². The number of hydrogen-bond donors (Lipinski definition) is 4. The smallest absolute Gasteiger partial charge is 0.319 e. The SMILES string of the molecule is Cc1ccc(COc2nsc(NC(=O)NCCNC(C)C)c2C(N)=O)cc1. The van der Waals surface area contributed by atoms with Crippen LogP contribution < -0.4 is 26.4 Å². The third-order valence-electron chi connectivity index (χ3n) is 3.59. The van der Waals surface area contributed by atoms with Crippen LogP contribution in [-0.4, -0.2) is 35.4 Å². The minimum Gasteiger partial charge on any atom is -0.472 e. The lowest BCUT2D eigenvalue weighted by atomic mass is 10.2. The van der Waals surface area contributed by atoms with Gasteiger partial charge >= 0.3 is 6.03 Å². The van der Waals surface area contributed by atoms with Crippen LogP contribution in [-0.2, 0) is 6.61 Å². The highest BCUT2D eigenvalue weighted by Crippen LogP contribution is 2.30. The van der Waals surface area contributed by atoms with Crippen LogP contribution in [0.5, 0.6) is 5.88 Å².